The van der Waals surface area contributed by atoms with Crippen molar-refractivity contribution in [1.82, 2.24) is 0 Å². The average molecular weight is 164 g/mol. The van der Waals surface area contributed by atoms with Gasteiger partial charge in [-0.3, -0.25) is 0 Å². The molecule has 9 heavy (non-hydrogen) atoms. The summed E-state index contributed by atoms with van der Waals surface area (Å²) in [6.07, 6.45) is -0.588. The van der Waals surface area contributed by atoms with Crippen LogP contribution in [0.3, 0.4) is 0 Å². The van der Waals surface area contributed by atoms with E-state index < -0.39 is 6.10 Å². The van der Waals surface area contributed by atoms with Gasteiger partial charge in [-0.15, -0.1) is 23.5 Å². The first kappa shape index (κ1) is 7.47. The van der Waals surface area contributed by atoms with Crippen molar-refractivity contribution < 1.29 is 10.2 Å². The summed E-state index contributed by atoms with van der Waals surface area (Å²) in [6.45, 7) is -0.146. The van der Waals surface area contributed by atoms with Crippen LogP contribution in [0.15, 0.2) is 10.8 Å². The molecular weight excluding hydrogens is 156 g/mol. The van der Waals surface area contributed by atoms with E-state index in [0.717, 1.165) is 0 Å². The van der Waals surface area contributed by atoms with Crippen LogP contribution in [0.1, 0.15) is 0 Å². The second-order valence-electron chi connectivity index (χ2n) is 1.66. The summed E-state index contributed by atoms with van der Waals surface area (Å²) in [4.78, 5) is 0. The number of thioether (sulfide) groups is 2. The third-order valence-corrected chi connectivity index (χ3v) is 3.57. The van der Waals surface area contributed by atoms with Crippen LogP contribution in [0.2, 0.25) is 0 Å². The van der Waals surface area contributed by atoms with Gasteiger partial charge in [-0.05, 0) is 10.8 Å². The predicted molar refractivity (Wildman–Crippen MR) is 41.2 cm³/mol. The minimum Gasteiger partial charge on any atom is -0.394 e. The molecule has 0 aliphatic carbocycles. The zero-order chi connectivity index (χ0) is 6.69. The molecule has 1 rings (SSSR count). The Morgan fingerprint density at radius 2 is 2.00 bits per heavy atom. The van der Waals surface area contributed by atoms with Crippen molar-refractivity contribution >= 4 is 23.5 Å². The third kappa shape index (κ3) is 1.89. The zero-order valence-corrected chi connectivity index (χ0v) is 6.36. The fourth-order valence-corrected chi connectivity index (χ4v) is 2.52. The molecule has 0 saturated heterocycles. The quantitative estimate of drug-likeness (QED) is 0.627. The molecule has 0 aromatic rings. The summed E-state index contributed by atoms with van der Waals surface area (Å²) in [5, 5.41) is 21.4. The highest BCUT2D eigenvalue weighted by Crippen LogP contribution is 2.35. The van der Waals surface area contributed by atoms with Gasteiger partial charge in [-0.25, -0.2) is 0 Å². The first-order valence-electron chi connectivity index (χ1n) is 2.59. The van der Waals surface area contributed by atoms with E-state index in [2.05, 4.69) is 0 Å². The fourth-order valence-electron chi connectivity index (χ4n) is 0.519. The molecule has 0 amide bonds. The maximum Gasteiger partial charge on any atom is 0.0987 e. The molecule has 1 heterocycles. The van der Waals surface area contributed by atoms with Gasteiger partial charge in [0.2, 0.25) is 0 Å². The van der Waals surface area contributed by atoms with Crippen molar-refractivity contribution in [2.45, 2.75) is 10.7 Å². The van der Waals surface area contributed by atoms with Gasteiger partial charge in [0.1, 0.15) is 0 Å². The first-order valence-corrected chi connectivity index (χ1v) is 4.48. The number of hydrogen-bond donors (Lipinski definition) is 2. The summed E-state index contributed by atoms with van der Waals surface area (Å²) in [5.41, 5.74) is 0. The van der Waals surface area contributed by atoms with Gasteiger partial charge in [0.15, 0.2) is 0 Å². The van der Waals surface area contributed by atoms with E-state index in [4.69, 9.17) is 10.2 Å². The molecule has 52 valence electrons. The normalized spacial score (nSPS) is 22.9. The lowest BCUT2D eigenvalue weighted by Gasteiger charge is -2.12. The van der Waals surface area contributed by atoms with Crippen LogP contribution in [0.25, 0.3) is 0 Å². The van der Waals surface area contributed by atoms with Crippen molar-refractivity contribution in [3.63, 3.8) is 0 Å². The van der Waals surface area contributed by atoms with E-state index in [9.17, 15) is 0 Å². The molecule has 0 bridgehead atoms. The maximum absolute atomic E-state index is 9.03. The molecule has 0 fully saturated rings. The van der Waals surface area contributed by atoms with Crippen molar-refractivity contribution in [3.8, 4) is 0 Å². The van der Waals surface area contributed by atoms with E-state index in [1.54, 1.807) is 23.5 Å². The number of hydrogen-bond acceptors (Lipinski definition) is 4. The van der Waals surface area contributed by atoms with Gasteiger partial charge in [-0.2, -0.15) is 0 Å². The van der Waals surface area contributed by atoms with Gasteiger partial charge in [0, 0.05) is 0 Å². The Balaban J connectivity index is 2.27. The SMILES string of the molecule is OCC(O)C1SC=CS1. The summed E-state index contributed by atoms with van der Waals surface area (Å²) < 4.78 is 0.106. The second kappa shape index (κ2) is 3.51. The van der Waals surface area contributed by atoms with Crippen LogP contribution in [-0.2, 0) is 0 Å². The molecule has 0 spiro atoms. The van der Waals surface area contributed by atoms with E-state index in [-0.39, 0.29) is 11.2 Å². The first-order chi connectivity index (χ1) is 4.34. The minimum atomic E-state index is -0.588. The molecular formula is C5H8O2S2. The predicted octanol–water partition coefficient (Wildman–Crippen LogP) is 0.617. The molecule has 1 aliphatic rings. The molecule has 0 aromatic carbocycles. The second-order valence-corrected chi connectivity index (χ2v) is 4.07. The lowest BCUT2D eigenvalue weighted by Crippen LogP contribution is -2.21. The van der Waals surface area contributed by atoms with Gasteiger partial charge in [0.05, 0.1) is 17.3 Å². The lowest BCUT2D eigenvalue weighted by molar-refractivity contribution is 0.108. The average Bonchev–Trinajstić information content (AvgIpc) is 2.37. The van der Waals surface area contributed by atoms with Gasteiger partial charge in [-0.1, -0.05) is 0 Å². The minimum absolute atomic E-state index is 0.106. The summed E-state index contributed by atoms with van der Waals surface area (Å²) >= 11 is 3.09. The van der Waals surface area contributed by atoms with Crippen LogP contribution in [-0.4, -0.2) is 27.5 Å². The molecule has 2 N–H and O–H groups in total. The highest BCUT2D eigenvalue weighted by molar-refractivity contribution is 8.22. The lowest BCUT2D eigenvalue weighted by atomic mass is 10.4. The Hall–Kier alpha value is 0.360. The Morgan fingerprint density at radius 3 is 2.44 bits per heavy atom. The number of aliphatic hydroxyl groups is 2. The van der Waals surface area contributed by atoms with Crippen LogP contribution >= 0.6 is 23.5 Å². The summed E-state index contributed by atoms with van der Waals surface area (Å²) in [6, 6.07) is 0. The Morgan fingerprint density at radius 1 is 1.44 bits per heavy atom. The van der Waals surface area contributed by atoms with E-state index in [1.807, 2.05) is 10.8 Å². The van der Waals surface area contributed by atoms with Crippen LogP contribution in [0.4, 0.5) is 0 Å². The van der Waals surface area contributed by atoms with Crippen molar-refractivity contribution in [3.05, 3.63) is 10.8 Å². The van der Waals surface area contributed by atoms with Gasteiger partial charge in [0.25, 0.3) is 0 Å². The van der Waals surface area contributed by atoms with Crippen molar-refractivity contribution in [2.75, 3.05) is 6.61 Å². The van der Waals surface area contributed by atoms with E-state index >= 15 is 0 Å². The van der Waals surface area contributed by atoms with Crippen molar-refractivity contribution in [1.29, 1.82) is 0 Å². The standard InChI is InChI=1S/C5H8O2S2/c6-3-4(7)5-8-1-2-9-5/h1-2,4-7H,3H2. The number of aliphatic hydroxyl groups excluding tert-OH is 2. The molecule has 1 atom stereocenters. The topological polar surface area (TPSA) is 40.5 Å². The molecule has 0 saturated carbocycles. The van der Waals surface area contributed by atoms with Crippen LogP contribution in [0, 0.1) is 0 Å². The maximum atomic E-state index is 9.03. The largest absolute Gasteiger partial charge is 0.394 e. The van der Waals surface area contributed by atoms with Crippen LogP contribution < -0.4 is 0 Å². The van der Waals surface area contributed by atoms with Gasteiger partial charge < -0.3 is 10.2 Å². The smallest absolute Gasteiger partial charge is 0.0987 e. The van der Waals surface area contributed by atoms with Crippen molar-refractivity contribution in [2.24, 2.45) is 0 Å². The zero-order valence-electron chi connectivity index (χ0n) is 4.73. The monoisotopic (exact) mass is 164 g/mol. The molecule has 2 nitrogen and oxygen atoms in total. The fraction of sp³-hybridized carbons (Fsp3) is 0.600. The highest BCUT2D eigenvalue weighted by Gasteiger charge is 2.20. The molecule has 0 aromatic heterocycles. The highest BCUT2D eigenvalue weighted by atomic mass is 32.2. The molecule has 0 radical (unpaired) electrons. The van der Waals surface area contributed by atoms with Gasteiger partial charge >= 0.3 is 0 Å². The molecule has 1 aliphatic heterocycles. The molecule has 1 unspecified atom stereocenters. The Labute approximate surface area is 62.3 Å². The Kier molecular flexibility index (Phi) is 2.91. The summed E-state index contributed by atoms with van der Waals surface area (Å²) in [5.74, 6) is 0. The van der Waals surface area contributed by atoms with Crippen LogP contribution in [0.5, 0.6) is 0 Å². The Bertz CT molecular complexity index is 108. The van der Waals surface area contributed by atoms with E-state index in [1.165, 1.54) is 0 Å². The number of rotatable bonds is 2. The molecule has 4 heteroatoms. The van der Waals surface area contributed by atoms with E-state index in [0.29, 0.717) is 0 Å². The third-order valence-electron chi connectivity index (χ3n) is 0.982. The summed E-state index contributed by atoms with van der Waals surface area (Å²) in [7, 11) is 0.